The summed E-state index contributed by atoms with van der Waals surface area (Å²) in [5.41, 5.74) is 4.00. The maximum Gasteiger partial charge on any atom is 0.319 e. The van der Waals surface area contributed by atoms with Gasteiger partial charge in [0.25, 0.3) is 0 Å². The maximum atomic E-state index is 11.8. The molecule has 2 rings (SSSR count). The number of nitrogens with one attached hydrogen (secondary N) is 2. The minimum Gasteiger partial charge on any atom is -0.337 e. The molecule has 104 valence electrons. The lowest BCUT2D eigenvalue weighted by molar-refractivity contribution is 0.252. The zero-order chi connectivity index (χ0) is 14.4. The van der Waals surface area contributed by atoms with Gasteiger partial charge in [-0.1, -0.05) is 18.2 Å². The number of hydrogen-bond donors (Lipinski definition) is 2. The Morgan fingerprint density at radius 2 is 2.05 bits per heavy atom. The Labute approximate surface area is 119 Å². The summed E-state index contributed by atoms with van der Waals surface area (Å²) in [6.45, 7) is 4.54. The average Bonchev–Trinajstić information content (AvgIpc) is 2.44. The van der Waals surface area contributed by atoms with Gasteiger partial charge in [-0.15, -0.1) is 0 Å². The Balaban J connectivity index is 1.82. The maximum absolute atomic E-state index is 11.8. The highest BCUT2D eigenvalue weighted by atomic mass is 16.2. The van der Waals surface area contributed by atoms with Crippen LogP contribution >= 0.6 is 0 Å². The lowest BCUT2D eigenvalue weighted by Crippen LogP contribution is -2.30. The summed E-state index contributed by atoms with van der Waals surface area (Å²) in [5, 5.41) is 5.70. The summed E-state index contributed by atoms with van der Waals surface area (Å²) in [4.78, 5) is 16.0. The first-order chi connectivity index (χ1) is 9.65. The van der Waals surface area contributed by atoms with E-state index < -0.39 is 0 Å². The van der Waals surface area contributed by atoms with Crippen LogP contribution < -0.4 is 10.6 Å². The number of aromatic nitrogens is 1. The van der Waals surface area contributed by atoms with Gasteiger partial charge in [-0.2, -0.15) is 0 Å². The van der Waals surface area contributed by atoms with Crippen LogP contribution in [-0.4, -0.2) is 17.6 Å². The van der Waals surface area contributed by atoms with Gasteiger partial charge in [0.05, 0.1) is 0 Å². The molecule has 2 amide bonds. The van der Waals surface area contributed by atoms with Crippen LogP contribution in [0.25, 0.3) is 0 Å². The summed E-state index contributed by atoms with van der Waals surface area (Å²) < 4.78 is 0. The smallest absolute Gasteiger partial charge is 0.319 e. The van der Waals surface area contributed by atoms with Crippen molar-refractivity contribution in [2.75, 3.05) is 11.9 Å². The van der Waals surface area contributed by atoms with Crippen LogP contribution in [0.4, 0.5) is 10.5 Å². The Morgan fingerprint density at radius 1 is 1.20 bits per heavy atom. The molecular weight excluding hydrogens is 250 g/mol. The van der Waals surface area contributed by atoms with E-state index in [4.69, 9.17) is 0 Å². The number of pyridine rings is 1. The third-order valence-electron chi connectivity index (χ3n) is 3.03. The van der Waals surface area contributed by atoms with Crippen LogP contribution in [0.15, 0.2) is 42.6 Å². The molecule has 20 heavy (non-hydrogen) atoms. The number of nitrogens with zero attached hydrogens (tertiary/aromatic N) is 1. The van der Waals surface area contributed by atoms with Crippen molar-refractivity contribution in [3.05, 3.63) is 59.4 Å². The zero-order valence-electron chi connectivity index (χ0n) is 11.8. The summed E-state index contributed by atoms with van der Waals surface area (Å²) in [6, 6.07) is 11.6. The summed E-state index contributed by atoms with van der Waals surface area (Å²) in [5.74, 6) is 0. The molecule has 1 aromatic carbocycles. The predicted molar refractivity (Wildman–Crippen MR) is 80.9 cm³/mol. The number of hydrogen-bond acceptors (Lipinski definition) is 2. The van der Waals surface area contributed by atoms with Gasteiger partial charge < -0.3 is 10.6 Å². The van der Waals surface area contributed by atoms with Crippen LogP contribution in [-0.2, 0) is 6.42 Å². The van der Waals surface area contributed by atoms with Gasteiger partial charge in [-0.05, 0) is 43.2 Å². The second-order valence-corrected chi connectivity index (χ2v) is 4.77. The number of anilines is 1. The van der Waals surface area contributed by atoms with Crippen molar-refractivity contribution in [3.8, 4) is 0 Å². The first kappa shape index (κ1) is 14.1. The number of amides is 2. The number of aryl methyl sites for hydroxylation is 2. The molecule has 0 radical (unpaired) electrons. The third kappa shape index (κ3) is 4.09. The highest BCUT2D eigenvalue weighted by Crippen LogP contribution is 2.15. The van der Waals surface area contributed by atoms with E-state index in [0.29, 0.717) is 6.54 Å². The molecule has 0 bridgehead atoms. The molecule has 0 atom stereocenters. The number of rotatable bonds is 4. The molecule has 0 aliphatic rings. The van der Waals surface area contributed by atoms with Gasteiger partial charge in [0.15, 0.2) is 0 Å². The Bertz CT molecular complexity index is 582. The summed E-state index contributed by atoms with van der Waals surface area (Å²) in [6.07, 6.45) is 2.48. The van der Waals surface area contributed by atoms with Gasteiger partial charge in [-0.3, -0.25) is 4.98 Å². The molecule has 4 heteroatoms. The molecule has 0 saturated heterocycles. The van der Waals surface area contributed by atoms with E-state index in [1.54, 1.807) is 6.20 Å². The molecule has 0 fully saturated rings. The summed E-state index contributed by atoms with van der Waals surface area (Å²) in [7, 11) is 0. The molecule has 2 aromatic rings. The SMILES string of the molecule is Cc1ccc(C)c(NC(=O)NCCc2ccccn2)c1. The minimum atomic E-state index is -0.186. The lowest BCUT2D eigenvalue weighted by Gasteiger charge is -2.10. The average molecular weight is 269 g/mol. The van der Waals surface area contributed by atoms with Crippen LogP contribution in [0.2, 0.25) is 0 Å². The summed E-state index contributed by atoms with van der Waals surface area (Å²) >= 11 is 0. The molecule has 0 unspecified atom stereocenters. The van der Waals surface area contributed by atoms with E-state index in [-0.39, 0.29) is 6.03 Å². The molecule has 0 aliphatic heterocycles. The second-order valence-electron chi connectivity index (χ2n) is 4.77. The Kier molecular flexibility index (Phi) is 4.71. The highest BCUT2D eigenvalue weighted by molar-refractivity contribution is 5.90. The largest absolute Gasteiger partial charge is 0.337 e. The van der Waals surface area contributed by atoms with E-state index in [2.05, 4.69) is 15.6 Å². The monoisotopic (exact) mass is 269 g/mol. The standard InChI is InChI=1S/C16H19N3O/c1-12-6-7-13(2)15(11-12)19-16(20)18-10-8-14-5-3-4-9-17-14/h3-7,9,11H,8,10H2,1-2H3,(H2,18,19,20). The van der Waals surface area contributed by atoms with E-state index in [1.807, 2.05) is 50.2 Å². The van der Waals surface area contributed by atoms with Crippen molar-refractivity contribution < 1.29 is 4.79 Å². The molecule has 0 aliphatic carbocycles. The lowest BCUT2D eigenvalue weighted by atomic mass is 10.1. The fourth-order valence-electron chi connectivity index (χ4n) is 1.89. The second kappa shape index (κ2) is 6.70. The first-order valence-electron chi connectivity index (χ1n) is 6.67. The van der Waals surface area contributed by atoms with Gasteiger partial charge in [0, 0.05) is 30.5 Å². The normalized spacial score (nSPS) is 10.1. The quantitative estimate of drug-likeness (QED) is 0.896. The zero-order valence-corrected chi connectivity index (χ0v) is 11.8. The van der Waals surface area contributed by atoms with Crippen molar-refractivity contribution in [3.63, 3.8) is 0 Å². The van der Waals surface area contributed by atoms with Crippen LogP contribution in [0.1, 0.15) is 16.8 Å². The molecule has 1 aromatic heterocycles. The molecule has 2 N–H and O–H groups in total. The number of benzene rings is 1. The van der Waals surface area contributed by atoms with E-state index in [9.17, 15) is 4.79 Å². The number of carbonyl (C=O) groups is 1. The molecule has 0 spiro atoms. The van der Waals surface area contributed by atoms with Gasteiger partial charge in [-0.25, -0.2) is 4.79 Å². The first-order valence-corrected chi connectivity index (χ1v) is 6.67. The fourth-order valence-corrected chi connectivity index (χ4v) is 1.89. The third-order valence-corrected chi connectivity index (χ3v) is 3.03. The van der Waals surface area contributed by atoms with Crippen LogP contribution in [0.5, 0.6) is 0 Å². The van der Waals surface area contributed by atoms with Crippen molar-refractivity contribution >= 4 is 11.7 Å². The predicted octanol–water partition coefficient (Wildman–Crippen LogP) is 3.06. The molecule has 0 saturated carbocycles. The van der Waals surface area contributed by atoms with Gasteiger partial charge >= 0.3 is 6.03 Å². The minimum absolute atomic E-state index is 0.186. The van der Waals surface area contributed by atoms with E-state index in [0.717, 1.165) is 28.9 Å². The highest BCUT2D eigenvalue weighted by Gasteiger charge is 2.04. The van der Waals surface area contributed by atoms with Crippen LogP contribution in [0.3, 0.4) is 0 Å². The van der Waals surface area contributed by atoms with Crippen LogP contribution in [0, 0.1) is 13.8 Å². The van der Waals surface area contributed by atoms with Crippen molar-refractivity contribution in [1.82, 2.24) is 10.3 Å². The van der Waals surface area contributed by atoms with Crippen molar-refractivity contribution in [1.29, 1.82) is 0 Å². The van der Waals surface area contributed by atoms with Gasteiger partial charge in [0.2, 0.25) is 0 Å². The number of carbonyl (C=O) groups excluding carboxylic acids is 1. The van der Waals surface area contributed by atoms with Gasteiger partial charge in [0.1, 0.15) is 0 Å². The fraction of sp³-hybridized carbons (Fsp3) is 0.250. The van der Waals surface area contributed by atoms with E-state index in [1.165, 1.54) is 0 Å². The number of urea groups is 1. The topological polar surface area (TPSA) is 54.0 Å². The Hall–Kier alpha value is -2.36. The molecular formula is C16H19N3O. The Morgan fingerprint density at radius 3 is 2.80 bits per heavy atom. The molecule has 4 nitrogen and oxygen atoms in total. The van der Waals surface area contributed by atoms with Crippen molar-refractivity contribution in [2.24, 2.45) is 0 Å². The molecule has 1 heterocycles. The van der Waals surface area contributed by atoms with Crippen molar-refractivity contribution in [2.45, 2.75) is 20.3 Å². The van der Waals surface area contributed by atoms with E-state index >= 15 is 0 Å².